The third kappa shape index (κ3) is 3.22. The van der Waals surface area contributed by atoms with Crippen LogP contribution in [-0.4, -0.2) is 40.5 Å². The smallest absolute Gasteiger partial charge is 0.356 e. The molecule has 0 aliphatic rings. The molecular formula is C8H10N4O3. The molecule has 3 N–H and O–H groups in total. The molecule has 1 rings (SSSR count). The number of rotatable bonds is 4. The molecule has 1 aromatic rings. The molecule has 0 bridgehead atoms. The number of likely N-dealkylation sites (N-methyl/N-ethyl adjacent to an activating group) is 1. The minimum absolute atomic E-state index is 0.0221. The van der Waals surface area contributed by atoms with E-state index in [0.29, 0.717) is 0 Å². The number of carboxylic acids is 1. The van der Waals surface area contributed by atoms with Crippen molar-refractivity contribution in [2.45, 2.75) is 0 Å². The van der Waals surface area contributed by atoms with Crippen LogP contribution in [0.3, 0.4) is 0 Å². The van der Waals surface area contributed by atoms with Crippen LogP contribution in [0.15, 0.2) is 12.4 Å². The maximum atomic E-state index is 10.9. The molecule has 0 aliphatic carbocycles. The number of nitrogens with one attached hydrogen (secondary N) is 2. The Morgan fingerprint density at radius 3 is 2.80 bits per heavy atom. The van der Waals surface area contributed by atoms with Crippen molar-refractivity contribution in [1.82, 2.24) is 15.3 Å². The van der Waals surface area contributed by atoms with Gasteiger partial charge in [0.25, 0.3) is 0 Å². The van der Waals surface area contributed by atoms with Crippen molar-refractivity contribution in [2.24, 2.45) is 0 Å². The Morgan fingerprint density at radius 2 is 2.20 bits per heavy atom. The summed E-state index contributed by atoms with van der Waals surface area (Å²) in [5, 5.41) is 13.7. The fourth-order valence-corrected chi connectivity index (χ4v) is 0.813. The van der Waals surface area contributed by atoms with Crippen LogP contribution < -0.4 is 10.6 Å². The first kappa shape index (κ1) is 10.9. The standard InChI is InChI=1S/C8H10N4O3/c1-9-7(13)4-11-6-3-10-2-5(12-6)8(14)15/h2-3H,4H2,1H3,(H,9,13)(H,11,12)(H,14,15). The van der Waals surface area contributed by atoms with E-state index < -0.39 is 5.97 Å². The van der Waals surface area contributed by atoms with Gasteiger partial charge in [0.15, 0.2) is 5.69 Å². The summed E-state index contributed by atoms with van der Waals surface area (Å²) in [6.07, 6.45) is 2.47. The number of carbonyl (C=O) groups is 2. The topological polar surface area (TPSA) is 104 Å². The molecule has 1 aromatic heterocycles. The second-order valence-electron chi connectivity index (χ2n) is 2.62. The van der Waals surface area contributed by atoms with Gasteiger partial charge in [-0.25, -0.2) is 9.78 Å². The second-order valence-corrected chi connectivity index (χ2v) is 2.62. The van der Waals surface area contributed by atoms with Crippen LogP contribution in [0, 0.1) is 0 Å². The van der Waals surface area contributed by atoms with E-state index >= 15 is 0 Å². The average Bonchev–Trinajstić information content (AvgIpc) is 2.26. The molecule has 7 heteroatoms. The van der Waals surface area contributed by atoms with E-state index in [1.807, 2.05) is 0 Å². The molecule has 0 spiro atoms. The normalized spacial score (nSPS) is 9.40. The molecule has 7 nitrogen and oxygen atoms in total. The van der Waals surface area contributed by atoms with Gasteiger partial charge in [0.1, 0.15) is 5.82 Å². The summed E-state index contributed by atoms with van der Waals surface area (Å²) < 4.78 is 0. The number of aromatic nitrogens is 2. The van der Waals surface area contributed by atoms with Gasteiger partial charge in [-0.2, -0.15) is 0 Å². The van der Waals surface area contributed by atoms with E-state index in [0.717, 1.165) is 6.20 Å². The Hall–Kier alpha value is -2.18. The van der Waals surface area contributed by atoms with Gasteiger partial charge in [0.05, 0.1) is 18.9 Å². The van der Waals surface area contributed by atoms with Crippen molar-refractivity contribution < 1.29 is 14.7 Å². The third-order valence-electron chi connectivity index (χ3n) is 1.56. The summed E-state index contributed by atoms with van der Waals surface area (Å²) in [4.78, 5) is 28.8. The van der Waals surface area contributed by atoms with Gasteiger partial charge < -0.3 is 15.7 Å². The molecule has 0 unspecified atom stereocenters. The van der Waals surface area contributed by atoms with Crippen molar-refractivity contribution in [1.29, 1.82) is 0 Å². The lowest BCUT2D eigenvalue weighted by Crippen LogP contribution is -2.26. The Bertz CT molecular complexity index is 380. The lowest BCUT2D eigenvalue weighted by Gasteiger charge is -2.03. The van der Waals surface area contributed by atoms with E-state index in [1.165, 1.54) is 13.2 Å². The number of carboxylic acid groups (broad SMARTS) is 1. The van der Waals surface area contributed by atoms with Crippen molar-refractivity contribution in [3.05, 3.63) is 18.1 Å². The number of hydrogen-bond acceptors (Lipinski definition) is 5. The first-order valence-electron chi connectivity index (χ1n) is 4.13. The lowest BCUT2D eigenvalue weighted by atomic mass is 10.4. The minimum Gasteiger partial charge on any atom is -0.476 e. The van der Waals surface area contributed by atoms with E-state index in [4.69, 9.17) is 5.11 Å². The van der Waals surface area contributed by atoms with Gasteiger partial charge in [-0.1, -0.05) is 0 Å². The molecule has 0 saturated heterocycles. The van der Waals surface area contributed by atoms with Gasteiger partial charge in [-0.05, 0) is 0 Å². The molecule has 0 aromatic carbocycles. The summed E-state index contributed by atoms with van der Waals surface area (Å²) in [7, 11) is 1.50. The van der Waals surface area contributed by atoms with Crippen molar-refractivity contribution in [3.8, 4) is 0 Å². The van der Waals surface area contributed by atoms with E-state index in [9.17, 15) is 9.59 Å². The van der Waals surface area contributed by atoms with E-state index in [-0.39, 0.29) is 24.0 Å². The molecule has 0 radical (unpaired) electrons. The predicted octanol–water partition coefficient (Wildman–Crippen LogP) is -0.667. The maximum absolute atomic E-state index is 10.9. The summed E-state index contributed by atoms with van der Waals surface area (Å²) in [5.74, 6) is -1.14. The predicted molar refractivity (Wildman–Crippen MR) is 51.5 cm³/mol. The molecule has 1 amide bonds. The lowest BCUT2D eigenvalue weighted by molar-refractivity contribution is -0.118. The zero-order valence-corrected chi connectivity index (χ0v) is 8.02. The summed E-state index contributed by atoms with van der Waals surface area (Å²) in [5.41, 5.74) is -0.170. The Labute approximate surface area is 85.5 Å². The highest BCUT2D eigenvalue weighted by Crippen LogP contribution is 2.01. The fraction of sp³-hybridized carbons (Fsp3) is 0.250. The molecule has 0 aliphatic heterocycles. The number of hydrogen-bond donors (Lipinski definition) is 3. The highest BCUT2D eigenvalue weighted by atomic mass is 16.4. The quantitative estimate of drug-likeness (QED) is 0.609. The number of amides is 1. The van der Waals surface area contributed by atoms with Gasteiger partial charge in [0.2, 0.25) is 5.91 Å². The van der Waals surface area contributed by atoms with E-state index in [2.05, 4.69) is 20.6 Å². The SMILES string of the molecule is CNC(=O)CNc1cncc(C(=O)O)n1. The van der Waals surface area contributed by atoms with Crippen LogP contribution in [0.4, 0.5) is 5.82 Å². The highest BCUT2D eigenvalue weighted by molar-refractivity contribution is 5.85. The molecule has 0 atom stereocenters. The Balaban J connectivity index is 2.66. The number of anilines is 1. The van der Waals surface area contributed by atoms with Crippen LogP contribution in [-0.2, 0) is 4.79 Å². The zero-order chi connectivity index (χ0) is 11.3. The second kappa shape index (κ2) is 4.89. The maximum Gasteiger partial charge on any atom is 0.356 e. The molecular weight excluding hydrogens is 200 g/mol. The van der Waals surface area contributed by atoms with Gasteiger partial charge in [0, 0.05) is 7.05 Å². The first-order chi connectivity index (χ1) is 7.13. The van der Waals surface area contributed by atoms with Crippen LogP contribution in [0.2, 0.25) is 0 Å². The average molecular weight is 210 g/mol. The van der Waals surface area contributed by atoms with E-state index in [1.54, 1.807) is 0 Å². The fourth-order valence-electron chi connectivity index (χ4n) is 0.813. The number of carbonyl (C=O) groups excluding carboxylic acids is 1. The van der Waals surface area contributed by atoms with Crippen molar-refractivity contribution in [3.63, 3.8) is 0 Å². The van der Waals surface area contributed by atoms with Crippen LogP contribution in [0.5, 0.6) is 0 Å². The number of aromatic carboxylic acids is 1. The molecule has 0 saturated carbocycles. The van der Waals surface area contributed by atoms with Crippen LogP contribution in [0.25, 0.3) is 0 Å². The Morgan fingerprint density at radius 1 is 1.47 bits per heavy atom. The summed E-state index contributed by atoms with van der Waals surface area (Å²) in [6.45, 7) is 0.0221. The zero-order valence-electron chi connectivity index (χ0n) is 8.02. The first-order valence-corrected chi connectivity index (χ1v) is 4.13. The van der Waals surface area contributed by atoms with Gasteiger partial charge in [-0.15, -0.1) is 0 Å². The number of nitrogens with zero attached hydrogens (tertiary/aromatic N) is 2. The molecule has 1 heterocycles. The van der Waals surface area contributed by atoms with Crippen molar-refractivity contribution in [2.75, 3.05) is 18.9 Å². The Kier molecular flexibility index (Phi) is 3.55. The van der Waals surface area contributed by atoms with Gasteiger partial charge >= 0.3 is 5.97 Å². The molecule has 15 heavy (non-hydrogen) atoms. The monoisotopic (exact) mass is 210 g/mol. The van der Waals surface area contributed by atoms with Crippen LogP contribution in [0.1, 0.15) is 10.5 Å². The van der Waals surface area contributed by atoms with Crippen molar-refractivity contribution >= 4 is 17.7 Å². The summed E-state index contributed by atoms with van der Waals surface area (Å²) in [6, 6.07) is 0. The largest absolute Gasteiger partial charge is 0.476 e. The summed E-state index contributed by atoms with van der Waals surface area (Å²) >= 11 is 0. The molecule has 0 fully saturated rings. The highest BCUT2D eigenvalue weighted by Gasteiger charge is 2.06. The van der Waals surface area contributed by atoms with Gasteiger partial charge in [-0.3, -0.25) is 9.78 Å². The molecule has 80 valence electrons. The van der Waals surface area contributed by atoms with Crippen LogP contribution >= 0.6 is 0 Å². The third-order valence-corrected chi connectivity index (χ3v) is 1.56. The minimum atomic E-state index is -1.16.